The van der Waals surface area contributed by atoms with Crippen LogP contribution in [-0.2, 0) is 20.7 Å². The molecule has 0 aromatic carbocycles. The van der Waals surface area contributed by atoms with Gasteiger partial charge in [-0.05, 0) is 19.1 Å². The highest BCUT2D eigenvalue weighted by Crippen LogP contribution is 1.95. The van der Waals surface area contributed by atoms with Gasteiger partial charge in [0.2, 0.25) is 0 Å². The van der Waals surface area contributed by atoms with E-state index in [1.807, 2.05) is 18.2 Å². The van der Waals surface area contributed by atoms with Crippen LogP contribution in [0.1, 0.15) is 12.6 Å². The molecule has 6 heteroatoms. The molecule has 1 amide bonds. The summed E-state index contributed by atoms with van der Waals surface area (Å²) in [4.78, 5) is 26.5. The van der Waals surface area contributed by atoms with Crippen LogP contribution in [-0.4, -0.2) is 36.8 Å². The minimum absolute atomic E-state index is 0.0844. The van der Waals surface area contributed by atoms with Gasteiger partial charge in [0.05, 0.1) is 13.2 Å². The van der Waals surface area contributed by atoms with Crippen molar-refractivity contribution in [1.82, 2.24) is 10.3 Å². The maximum Gasteiger partial charge on any atom is 0.407 e. The number of alkyl carbamates (subject to hydrolysis) is 1. The second kappa shape index (κ2) is 8.68. The summed E-state index contributed by atoms with van der Waals surface area (Å²) in [6, 6.07) is 5.56. The molecule has 1 N–H and O–H groups in total. The standard InChI is InChI=1S/C14H18N2O4/c1-11(2)13(17)19-10-8-16-14(18)20-9-6-12-5-3-4-7-15-12/h3-5,7H,1,6,8-10H2,2H3,(H,16,18). The third-order valence-corrected chi connectivity index (χ3v) is 2.27. The minimum Gasteiger partial charge on any atom is -0.460 e. The number of carbonyl (C=O) groups is 2. The maximum atomic E-state index is 11.3. The van der Waals surface area contributed by atoms with Crippen molar-refractivity contribution in [3.63, 3.8) is 0 Å². The number of carbonyl (C=O) groups excluding carboxylic acids is 2. The Bertz CT molecular complexity index is 460. The summed E-state index contributed by atoms with van der Waals surface area (Å²) in [5.74, 6) is -0.477. The zero-order valence-electron chi connectivity index (χ0n) is 11.4. The molecule has 6 nitrogen and oxygen atoms in total. The molecule has 108 valence electrons. The molecular formula is C14H18N2O4. The van der Waals surface area contributed by atoms with Gasteiger partial charge in [0.15, 0.2) is 0 Å². The number of rotatable bonds is 7. The molecular weight excluding hydrogens is 260 g/mol. The molecule has 0 radical (unpaired) electrons. The van der Waals surface area contributed by atoms with E-state index < -0.39 is 12.1 Å². The molecule has 1 rings (SSSR count). The summed E-state index contributed by atoms with van der Waals surface area (Å²) in [7, 11) is 0. The number of esters is 1. The zero-order chi connectivity index (χ0) is 14.8. The lowest BCUT2D eigenvalue weighted by atomic mass is 10.3. The Hall–Kier alpha value is -2.37. The van der Waals surface area contributed by atoms with Crippen LogP contribution in [0.25, 0.3) is 0 Å². The molecule has 0 bridgehead atoms. The van der Waals surface area contributed by atoms with Gasteiger partial charge in [0.25, 0.3) is 0 Å². The van der Waals surface area contributed by atoms with Gasteiger partial charge in [-0.2, -0.15) is 0 Å². The highest BCUT2D eigenvalue weighted by atomic mass is 16.6. The molecule has 0 unspecified atom stereocenters. The largest absolute Gasteiger partial charge is 0.460 e. The minimum atomic E-state index is -0.549. The first-order valence-corrected chi connectivity index (χ1v) is 6.22. The van der Waals surface area contributed by atoms with E-state index in [1.54, 1.807) is 13.1 Å². The van der Waals surface area contributed by atoms with Gasteiger partial charge in [0.1, 0.15) is 6.61 Å². The predicted molar refractivity (Wildman–Crippen MR) is 73.1 cm³/mol. The molecule has 0 saturated heterocycles. The van der Waals surface area contributed by atoms with Crippen LogP contribution in [0.2, 0.25) is 0 Å². The number of hydrogen-bond donors (Lipinski definition) is 1. The molecule has 0 spiro atoms. The molecule has 1 aromatic heterocycles. The number of aromatic nitrogens is 1. The lowest BCUT2D eigenvalue weighted by Crippen LogP contribution is -2.29. The third-order valence-electron chi connectivity index (χ3n) is 2.27. The average Bonchev–Trinajstić information content (AvgIpc) is 2.44. The van der Waals surface area contributed by atoms with Gasteiger partial charge < -0.3 is 14.8 Å². The van der Waals surface area contributed by atoms with E-state index in [4.69, 9.17) is 9.47 Å². The van der Waals surface area contributed by atoms with E-state index in [0.29, 0.717) is 12.0 Å². The quantitative estimate of drug-likeness (QED) is 0.464. The average molecular weight is 278 g/mol. The first-order chi connectivity index (χ1) is 9.59. The Labute approximate surface area is 117 Å². The molecule has 0 atom stereocenters. The summed E-state index contributed by atoms with van der Waals surface area (Å²) in [5, 5.41) is 2.47. The first-order valence-electron chi connectivity index (χ1n) is 6.22. The van der Waals surface area contributed by atoms with E-state index in [9.17, 15) is 9.59 Å². The smallest absolute Gasteiger partial charge is 0.407 e. The molecule has 0 saturated carbocycles. The topological polar surface area (TPSA) is 77.5 Å². The second-order valence-corrected chi connectivity index (χ2v) is 4.05. The van der Waals surface area contributed by atoms with Crippen molar-refractivity contribution in [3.8, 4) is 0 Å². The van der Waals surface area contributed by atoms with Crippen molar-refractivity contribution >= 4 is 12.1 Å². The van der Waals surface area contributed by atoms with E-state index in [1.165, 1.54) is 0 Å². The number of ether oxygens (including phenoxy) is 2. The Kier molecular flexibility index (Phi) is 6.81. The van der Waals surface area contributed by atoms with Gasteiger partial charge in [-0.3, -0.25) is 4.98 Å². The number of nitrogens with zero attached hydrogens (tertiary/aromatic N) is 1. The van der Waals surface area contributed by atoms with E-state index in [-0.39, 0.29) is 19.8 Å². The van der Waals surface area contributed by atoms with Crippen molar-refractivity contribution in [3.05, 3.63) is 42.2 Å². The Morgan fingerprint density at radius 3 is 2.75 bits per heavy atom. The number of amides is 1. The van der Waals surface area contributed by atoms with Crippen molar-refractivity contribution in [2.24, 2.45) is 0 Å². The van der Waals surface area contributed by atoms with Crippen LogP contribution in [0.3, 0.4) is 0 Å². The van der Waals surface area contributed by atoms with Crippen molar-refractivity contribution in [2.75, 3.05) is 19.8 Å². The van der Waals surface area contributed by atoms with Gasteiger partial charge in [-0.15, -0.1) is 0 Å². The fraction of sp³-hybridized carbons (Fsp3) is 0.357. The van der Waals surface area contributed by atoms with Crippen molar-refractivity contribution < 1.29 is 19.1 Å². The lowest BCUT2D eigenvalue weighted by molar-refractivity contribution is -0.138. The van der Waals surface area contributed by atoms with Gasteiger partial charge in [-0.25, -0.2) is 9.59 Å². The van der Waals surface area contributed by atoms with Crippen LogP contribution in [0.5, 0.6) is 0 Å². The summed E-state index contributed by atoms with van der Waals surface area (Å²) < 4.78 is 9.76. The van der Waals surface area contributed by atoms with Crippen LogP contribution < -0.4 is 5.32 Å². The molecule has 0 aliphatic rings. The highest BCUT2D eigenvalue weighted by molar-refractivity contribution is 5.86. The second-order valence-electron chi connectivity index (χ2n) is 4.05. The molecule has 20 heavy (non-hydrogen) atoms. The van der Waals surface area contributed by atoms with Gasteiger partial charge >= 0.3 is 12.1 Å². The van der Waals surface area contributed by atoms with Crippen molar-refractivity contribution in [1.29, 1.82) is 0 Å². The fourth-order valence-corrected chi connectivity index (χ4v) is 1.27. The summed E-state index contributed by atoms with van der Waals surface area (Å²) >= 11 is 0. The summed E-state index contributed by atoms with van der Waals surface area (Å²) in [6.45, 7) is 5.53. The Morgan fingerprint density at radius 2 is 2.10 bits per heavy atom. The van der Waals surface area contributed by atoms with E-state index in [2.05, 4.69) is 16.9 Å². The monoisotopic (exact) mass is 278 g/mol. The summed E-state index contributed by atoms with van der Waals surface area (Å²) in [6.07, 6.45) is 1.69. The van der Waals surface area contributed by atoms with E-state index in [0.717, 1.165) is 5.69 Å². The maximum absolute atomic E-state index is 11.3. The third kappa shape index (κ3) is 6.53. The number of nitrogens with one attached hydrogen (secondary N) is 1. The first kappa shape index (κ1) is 15.7. The molecule has 0 fully saturated rings. The molecule has 1 heterocycles. The fourth-order valence-electron chi connectivity index (χ4n) is 1.27. The van der Waals surface area contributed by atoms with Gasteiger partial charge in [-0.1, -0.05) is 12.6 Å². The van der Waals surface area contributed by atoms with E-state index >= 15 is 0 Å². The van der Waals surface area contributed by atoms with Crippen LogP contribution in [0, 0.1) is 0 Å². The van der Waals surface area contributed by atoms with Gasteiger partial charge in [0, 0.05) is 23.9 Å². The predicted octanol–water partition coefficient (Wildman–Crippen LogP) is 1.47. The highest BCUT2D eigenvalue weighted by Gasteiger charge is 2.04. The Balaban J connectivity index is 2.06. The number of pyridine rings is 1. The zero-order valence-corrected chi connectivity index (χ0v) is 11.4. The van der Waals surface area contributed by atoms with Crippen LogP contribution >= 0.6 is 0 Å². The number of hydrogen-bond acceptors (Lipinski definition) is 5. The lowest BCUT2D eigenvalue weighted by Gasteiger charge is -2.07. The van der Waals surface area contributed by atoms with Crippen LogP contribution in [0.15, 0.2) is 36.5 Å². The molecule has 0 aliphatic carbocycles. The molecule has 0 aliphatic heterocycles. The summed E-state index contributed by atoms with van der Waals surface area (Å²) in [5.41, 5.74) is 1.18. The SMILES string of the molecule is C=C(C)C(=O)OCCNC(=O)OCCc1ccccn1. The molecule has 1 aromatic rings. The Morgan fingerprint density at radius 1 is 1.30 bits per heavy atom. The normalized spacial score (nSPS) is 9.65. The van der Waals surface area contributed by atoms with Crippen LogP contribution in [0.4, 0.5) is 4.79 Å². The van der Waals surface area contributed by atoms with Crippen molar-refractivity contribution in [2.45, 2.75) is 13.3 Å².